The predicted octanol–water partition coefficient (Wildman–Crippen LogP) is 3.43. The Morgan fingerprint density at radius 3 is 2.35 bits per heavy atom. The van der Waals surface area contributed by atoms with E-state index in [1.165, 1.54) is 34.5 Å². The number of thiol groups is 1. The fraction of sp³-hybridized carbons (Fsp3) is 0.364. The molecule has 9 heteroatoms. The van der Waals surface area contributed by atoms with Crippen LogP contribution in [0.25, 0.3) is 11.1 Å². The average molecular weight is 466 g/mol. The van der Waals surface area contributed by atoms with E-state index in [0.717, 1.165) is 5.56 Å². The zero-order chi connectivity index (χ0) is 22.7. The Morgan fingerprint density at radius 2 is 1.77 bits per heavy atom. The van der Waals surface area contributed by atoms with Crippen molar-refractivity contribution in [2.75, 3.05) is 34.2 Å². The SMILES string of the molecule is COc1c(Cl)c2c(c(OC)c1OC)-c1ccc(OC)c(=O)cc1[C@@H](NC(=O)CS)CC2. The molecule has 0 aromatic heterocycles. The Bertz CT molecular complexity index is 1070. The highest BCUT2D eigenvalue weighted by Crippen LogP contribution is 2.54. The summed E-state index contributed by atoms with van der Waals surface area (Å²) in [5.74, 6) is 1.10. The number of ether oxygens (including phenoxy) is 4. The first-order chi connectivity index (χ1) is 14.9. The molecule has 0 bridgehead atoms. The number of hydrogen-bond acceptors (Lipinski definition) is 7. The second-order valence-electron chi connectivity index (χ2n) is 6.86. The molecule has 0 fully saturated rings. The number of carbonyl (C=O) groups is 1. The van der Waals surface area contributed by atoms with E-state index in [9.17, 15) is 9.59 Å². The Labute approximate surface area is 191 Å². The van der Waals surface area contributed by atoms with Crippen LogP contribution < -0.4 is 29.7 Å². The third-order valence-electron chi connectivity index (χ3n) is 5.29. The van der Waals surface area contributed by atoms with Gasteiger partial charge in [-0.05, 0) is 41.7 Å². The molecule has 0 saturated heterocycles. The van der Waals surface area contributed by atoms with Crippen molar-refractivity contribution in [2.24, 2.45) is 0 Å². The molecule has 2 aromatic rings. The van der Waals surface area contributed by atoms with Gasteiger partial charge in [0.25, 0.3) is 0 Å². The van der Waals surface area contributed by atoms with E-state index < -0.39 is 6.04 Å². The third kappa shape index (κ3) is 4.14. The molecule has 166 valence electrons. The van der Waals surface area contributed by atoms with Gasteiger partial charge in [-0.15, -0.1) is 0 Å². The van der Waals surface area contributed by atoms with Gasteiger partial charge < -0.3 is 24.3 Å². The van der Waals surface area contributed by atoms with Crippen molar-refractivity contribution in [2.45, 2.75) is 18.9 Å². The number of rotatable bonds is 6. The molecule has 1 amide bonds. The number of nitrogens with one attached hydrogen (secondary N) is 1. The van der Waals surface area contributed by atoms with E-state index in [-0.39, 0.29) is 22.8 Å². The fourth-order valence-electron chi connectivity index (χ4n) is 3.93. The van der Waals surface area contributed by atoms with E-state index in [2.05, 4.69) is 17.9 Å². The van der Waals surface area contributed by atoms with Crippen LogP contribution in [-0.2, 0) is 11.2 Å². The van der Waals surface area contributed by atoms with Gasteiger partial charge >= 0.3 is 0 Å². The van der Waals surface area contributed by atoms with Crippen molar-refractivity contribution in [1.29, 1.82) is 0 Å². The Kier molecular flexibility index (Phi) is 7.23. The number of benzene rings is 1. The normalized spacial score (nSPS) is 14.6. The summed E-state index contributed by atoms with van der Waals surface area (Å²) in [5.41, 5.74) is 2.46. The van der Waals surface area contributed by atoms with E-state index in [1.807, 2.05) is 0 Å². The van der Waals surface area contributed by atoms with E-state index in [1.54, 1.807) is 12.1 Å². The predicted molar refractivity (Wildman–Crippen MR) is 122 cm³/mol. The second kappa shape index (κ2) is 9.70. The van der Waals surface area contributed by atoms with Gasteiger partial charge in [-0.1, -0.05) is 17.7 Å². The summed E-state index contributed by atoms with van der Waals surface area (Å²) >= 11 is 10.8. The van der Waals surface area contributed by atoms with Crippen molar-refractivity contribution in [3.05, 3.63) is 44.6 Å². The lowest BCUT2D eigenvalue weighted by atomic mass is 9.95. The van der Waals surface area contributed by atoms with Crippen molar-refractivity contribution in [3.8, 4) is 34.1 Å². The maximum atomic E-state index is 12.7. The van der Waals surface area contributed by atoms with E-state index >= 15 is 0 Å². The molecule has 31 heavy (non-hydrogen) atoms. The summed E-state index contributed by atoms with van der Waals surface area (Å²) in [7, 11) is 5.96. The zero-order valence-corrected chi connectivity index (χ0v) is 19.4. The summed E-state index contributed by atoms with van der Waals surface area (Å²) in [6, 6.07) is 4.41. The molecule has 0 heterocycles. The van der Waals surface area contributed by atoms with Gasteiger partial charge in [0.05, 0.1) is 45.3 Å². The Morgan fingerprint density at radius 1 is 1.10 bits per heavy atom. The van der Waals surface area contributed by atoms with Gasteiger partial charge in [0, 0.05) is 5.56 Å². The topological polar surface area (TPSA) is 83.1 Å². The minimum atomic E-state index is -0.440. The van der Waals surface area contributed by atoms with Gasteiger partial charge in [0.1, 0.15) is 0 Å². The maximum absolute atomic E-state index is 12.7. The highest BCUT2D eigenvalue weighted by molar-refractivity contribution is 7.81. The smallest absolute Gasteiger partial charge is 0.230 e. The summed E-state index contributed by atoms with van der Waals surface area (Å²) in [5, 5.41) is 3.34. The Balaban J connectivity index is 2.44. The van der Waals surface area contributed by atoms with Crippen LogP contribution in [0.2, 0.25) is 5.02 Å². The van der Waals surface area contributed by atoms with Gasteiger partial charge in [0.2, 0.25) is 17.1 Å². The first-order valence-electron chi connectivity index (χ1n) is 9.54. The fourth-order valence-corrected chi connectivity index (χ4v) is 4.37. The van der Waals surface area contributed by atoms with Crippen LogP contribution in [0.5, 0.6) is 23.0 Å². The summed E-state index contributed by atoms with van der Waals surface area (Å²) in [6.45, 7) is 0. The molecular formula is C22H24ClNO6S. The van der Waals surface area contributed by atoms with Gasteiger partial charge in [-0.25, -0.2) is 0 Å². The largest absolute Gasteiger partial charge is 0.493 e. The van der Waals surface area contributed by atoms with Crippen LogP contribution in [-0.4, -0.2) is 40.1 Å². The molecule has 2 aromatic carbocycles. The highest BCUT2D eigenvalue weighted by Gasteiger charge is 2.32. The number of halogens is 1. The number of fused-ring (bicyclic) bond motifs is 3. The van der Waals surface area contributed by atoms with E-state index in [4.69, 9.17) is 30.5 Å². The highest BCUT2D eigenvalue weighted by atomic mass is 35.5. The van der Waals surface area contributed by atoms with Crippen molar-refractivity contribution < 1.29 is 23.7 Å². The first-order valence-corrected chi connectivity index (χ1v) is 10.6. The van der Waals surface area contributed by atoms with Gasteiger partial charge in [-0.3, -0.25) is 9.59 Å². The number of amides is 1. The summed E-state index contributed by atoms with van der Waals surface area (Å²) in [6.07, 6.45) is 1.01. The molecule has 0 spiro atoms. The molecule has 0 saturated carbocycles. The van der Waals surface area contributed by atoms with Gasteiger partial charge in [0.15, 0.2) is 17.2 Å². The molecule has 3 rings (SSSR count). The van der Waals surface area contributed by atoms with E-state index in [0.29, 0.717) is 51.8 Å². The molecular weight excluding hydrogens is 442 g/mol. The number of methoxy groups -OCH3 is 4. The molecule has 0 aliphatic heterocycles. The van der Waals surface area contributed by atoms with Crippen molar-refractivity contribution in [3.63, 3.8) is 0 Å². The zero-order valence-electron chi connectivity index (χ0n) is 17.7. The number of hydrogen-bond donors (Lipinski definition) is 2. The monoisotopic (exact) mass is 465 g/mol. The molecule has 1 aliphatic carbocycles. The lowest BCUT2D eigenvalue weighted by Gasteiger charge is -2.21. The van der Waals surface area contributed by atoms with Crippen molar-refractivity contribution in [1.82, 2.24) is 5.32 Å². The third-order valence-corrected chi connectivity index (χ3v) is 5.97. The summed E-state index contributed by atoms with van der Waals surface area (Å²) in [4.78, 5) is 24.9. The van der Waals surface area contributed by atoms with Crippen LogP contribution in [0.1, 0.15) is 23.6 Å². The Hall–Kier alpha value is -2.58. The molecule has 7 nitrogen and oxygen atoms in total. The second-order valence-corrected chi connectivity index (χ2v) is 7.56. The van der Waals surface area contributed by atoms with Crippen LogP contribution in [0.3, 0.4) is 0 Å². The number of carbonyl (C=O) groups excluding carboxylic acids is 1. The molecule has 1 aliphatic rings. The van der Waals surface area contributed by atoms with Gasteiger partial charge in [-0.2, -0.15) is 12.6 Å². The average Bonchev–Trinajstić information content (AvgIpc) is 3.02. The standard InChI is InChI=1S/C22H24ClNO6S/c1-27-16-8-6-11-13(9-15(16)25)14(24-17(26)10-31)7-5-12-18(11)20(28-2)22(30-4)21(29-3)19(12)23/h6,8-9,14,31H,5,7,10H2,1-4H3,(H,24,26)/t14-/m0/s1. The summed E-state index contributed by atoms with van der Waals surface area (Å²) < 4.78 is 22.0. The minimum absolute atomic E-state index is 0.0248. The minimum Gasteiger partial charge on any atom is -0.493 e. The quantitative estimate of drug-likeness (QED) is 0.636. The van der Waals surface area contributed by atoms with Crippen molar-refractivity contribution >= 4 is 30.1 Å². The van der Waals surface area contributed by atoms with Crippen LogP contribution in [0.15, 0.2) is 23.0 Å². The lowest BCUT2D eigenvalue weighted by Crippen LogP contribution is -2.30. The molecule has 1 N–H and O–H groups in total. The maximum Gasteiger partial charge on any atom is 0.230 e. The lowest BCUT2D eigenvalue weighted by molar-refractivity contribution is -0.119. The molecule has 0 radical (unpaired) electrons. The van der Waals surface area contributed by atoms with Crippen LogP contribution in [0.4, 0.5) is 0 Å². The van der Waals surface area contributed by atoms with Crippen LogP contribution in [0, 0.1) is 0 Å². The van der Waals surface area contributed by atoms with Crippen LogP contribution >= 0.6 is 24.2 Å². The molecule has 1 atom stereocenters. The first kappa shape index (κ1) is 23.1. The molecule has 0 unspecified atom stereocenters.